The molecule has 5 nitrogen and oxygen atoms in total. The largest absolute Gasteiger partial charge is 0.375 e. The van der Waals surface area contributed by atoms with Gasteiger partial charge in [-0.2, -0.15) is 0 Å². The van der Waals surface area contributed by atoms with Crippen LogP contribution in [0, 0.1) is 6.92 Å². The number of hydrogen-bond donors (Lipinski definition) is 1. The minimum Gasteiger partial charge on any atom is -0.375 e. The van der Waals surface area contributed by atoms with Crippen molar-refractivity contribution in [3.63, 3.8) is 0 Å². The first-order chi connectivity index (χ1) is 9.63. The summed E-state index contributed by atoms with van der Waals surface area (Å²) in [7, 11) is 1.46. The van der Waals surface area contributed by atoms with E-state index < -0.39 is 0 Å². The molecule has 1 aromatic rings. The van der Waals surface area contributed by atoms with Crippen LogP contribution in [0.3, 0.4) is 0 Å². The Bertz CT molecular complexity index is 508. The Hall–Kier alpha value is -1.88. The summed E-state index contributed by atoms with van der Waals surface area (Å²) in [5, 5.41) is 2.75. The van der Waals surface area contributed by atoms with Crippen molar-refractivity contribution >= 4 is 17.5 Å². The lowest BCUT2D eigenvalue weighted by Gasteiger charge is -2.19. The Kier molecular flexibility index (Phi) is 4.74. The quantitative estimate of drug-likeness (QED) is 0.912. The van der Waals surface area contributed by atoms with Crippen molar-refractivity contribution in [2.45, 2.75) is 19.8 Å². The van der Waals surface area contributed by atoms with Gasteiger partial charge in [-0.1, -0.05) is 12.1 Å². The molecule has 0 saturated carbocycles. The third kappa shape index (κ3) is 3.17. The van der Waals surface area contributed by atoms with Crippen LogP contribution in [-0.2, 0) is 9.53 Å². The molecule has 2 amide bonds. The van der Waals surface area contributed by atoms with E-state index in [-0.39, 0.29) is 18.4 Å². The lowest BCUT2D eigenvalue weighted by atomic mass is 10.0. The van der Waals surface area contributed by atoms with Crippen molar-refractivity contribution in [1.82, 2.24) is 4.90 Å². The number of carbonyl (C=O) groups is 2. The maximum atomic E-state index is 12.6. The lowest BCUT2D eigenvalue weighted by molar-refractivity contribution is -0.119. The van der Waals surface area contributed by atoms with E-state index in [2.05, 4.69) is 5.32 Å². The van der Waals surface area contributed by atoms with E-state index in [1.165, 1.54) is 7.11 Å². The van der Waals surface area contributed by atoms with Crippen molar-refractivity contribution in [3.8, 4) is 0 Å². The van der Waals surface area contributed by atoms with E-state index in [4.69, 9.17) is 4.74 Å². The first-order valence-corrected chi connectivity index (χ1v) is 6.81. The Labute approximate surface area is 118 Å². The van der Waals surface area contributed by atoms with Gasteiger partial charge in [0.1, 0.15) is 6.61 Å². The smallest absolute Gasteiger partial charge is 0.256 e. The molecule has 0 aliphatic carbocycles. The second kappa shape index (κ2) is 6.52. The van der Waals surface area contributed by atoms with Crippen LogP contribution >= 0.6 is 0 Å². The maximum Gasteiger partial charge on any atom is 0.256 e. The van der Waals surface area contributed by atoms with Gasteiger partial charge in [0.25, 0.3) is 5.91 Å². The van der Waals surface area contributed by atoms with Crippen LogP contribution in [0.1, 0.15) is 28.8 Å². The Morgan fingerprint density at radius 3 is 2.65 bits per heavy atom. The summed E-state index contributed by atoms with van der Waals surface area (Å²) in [4.78, 5) is 26.1. The molecule has 20 heavy (non-hydrogen) atoms. The zero-order valence-electron chi connectivity index (χ0n) is 11.9. The number of amides is 2. The fourth-order valence-corrected chi connectivity index (χ4v) is 2.45. The molecule has 1 heterocycles. The van der Waals surface area contributed by atoms with Crippen molar-refractivity contribution in [2.24, 2.45) is 0 Å². The summed E-state index contributed by atoms with van der Waals surface area (Å²) in [6, 6.07) is 5.47. The highest BCUT2D eigenvalue weighted by molar-refractivity contribution is 6.05. The van der Waals surface area contributed by atoms with Crippen molar-refractivity contribution in [3.05, 3.63) is 29.3 Å². The van der Waals surface area contributed by atoms with Crippen LogP contribution in [0.25, 0.3) is 0 Å². The van der Waals surface area contributed by atoms with E-state index in [1.54, 1.807) is 6.07 Å². The van der Waals surface area contributed by atoms with Crippen LogP contribution in [0.15, 0.2) is 18.2 Å². The monoisotopic (exact) mass is 276 g/mol. The number of carbonyl (C=O) groups excluding carboxylic acids is 2. The SMILES string of the molecule is COCC(=O)Nc1cccc(C)c1C(=O)N1CCCC1. The molecule has 0 radical (unpaired) electrons. The molecule has 0 unspecified atom stereocenters. The van der Waals surface area contributed by atoms with Gasteiger partial charge in [0.2, 0.25) is 5.91 Å². The van der Waals surface area contributed by atoms with Gasteiger partial charge >= 0.3 is 0 Å². The van der Waals surface area contributed by atoms with E-state index in [1.807, 2.05) is 24.0 Å². The fraction of sp³-hybridized carbons (Fsp3) is 0.467. The van der Waals surface area contributed by atoms with Gasteiger partial charge in [-0.3, -0.25) is 9.59 Å². The average Bonchev–Trinajstić information content (AvgIpc) is 2.92. The topological polar surface area (TPSA) is 58.6 Å². The van der Waals surface area contributed by atoms with E-state index in [0.29, 0.717) is 11.3 Å². The number of likely N-dealkylation sites (tertiary alicyclic amines) is 1. The molecule has 1 N–H and O–H groups in total. The predicted octanol–water partition coefficient (Wildman–Crippen LogP) is 1.82. The van der Waals surface area contributed by atoms with Crippen molar-refractivity contribution in [1.29, 1.82) is 0 Å². The van der Waals surface area contributed by atoms with Gasteiger partial charge in [-0.15, -0.1) is 0 Å². The summed E-state index contributed by atoms with van der Waals surface area (Å²) < 4.78 is 4.80. The van der Waals surface area contributed by atoms with Crippen LogP contribution in [0.4, 0.5) is 5.69 Å². The molecule has 1 saturated heterocycles. The molecule has 0 atom stereocenters. The van der Waals surface area contributed by atoms with Gasteiger partial charge in [0.05, 0.1) is 11.3 Å². The second-order valence-corrected chi connectivity index (χ2v) is 4.98. The molecule has 1 aliphatic heterocycles. The number of anilines is 1. The number of benzene rings is 1. The predicted molar refractivity (Wildman–Crippen MR) is 76.8 cm³/mol. The standard InChI is InChI=1S/C15H20N2O3/c1-11-6-5-7-12(16-13(18)10-20-2)14(11)15(19)17-8-3-4-9-17/h5-7H,3-4,8-10H2,1-2H3,(H,16,18). The van der Waals surface area contributed by atoms with Crippen LogP contribution in [0.2, 0.25) is 0 Å². The number of nitrogens with zero attached hydrogens (tertiary/aromatic N) is 1. The summed E-state index contributed by atoms with van der Waals surface area (Å²) in [6.45, 7) is 3.44. The molecular formula is C15H20N2O3. The highest BCUT2D eigenvalue weighted by atomic mass is 16.5. The van der Waals surface area contributed by atoms with Gasteiger partial charge in [0, 0.05) is 20.2 Å². The number of methoxy groups -OCH3 is 1. The van der Waals surface area contributed by atoms with E-state index in [9.17, 15) is 9.59 Å². The van der Waals surface area contributed by atoms with Crippen LogP contribution < -0.4 is 5.32 Å². The Morgan fingerprint density at radius 1 is 1.30 bits per heavy atom. The Balaban J connectivity index is 2.26. The third-order valence-corrected chi connectivity index (χ3v) is 3.43. The fourth-order valence-electron chi connectivity index (χ4n) is 2.45. The molecule has 0 aromatic heterocycles. The van der Waals surface area contributed by atoms with Gasteiger partial charge < -0.3 is 15.0 Å². The summed E-state index contributed by atoms with van der Waals surface area (Å²) in [5.74, 6) is -0.262. The van der Waals surface area contributed by atoms with Gasteiger partial charge in [-0.05, 0) is 31.4 Å². The zero-order chi connectivity index (χ0) is 14.5. The highest BCUT2D eigenvalue weighted by Gasteiger charge is 2.23. The van der Waals surface area contributed by atoms with Gasteiger partial charge in [0.15, 0.2) is 0 Å². The zero-order valence-corrected chi connectivity index (χ0v) is 11.9. The summed E-state index contributed by atoms with van der Waals surface area (Å²) >= 11 is 0. The molecule has 1 aromatic carbocycles. The number of ether oxygens (including phenoxy) is 1. The molecule has 2 rings (SSSR count). The van der Waals surface area contributed by atoms with Crippen LogP contribution in [0.5, 0.6) is 0 Å². The normalized spacial score (nSPS) is 14.4. The number of hydrogen-bond acceptors (Lipinski definition) is 3. The molecule has 1 aliphatic rings. The van der Waals surface area contributed by atoms with Gasteiger partial charge in [-0.25, -0.2) is 0 Å². The molecule has 1 fully saturated rings. The lowest BCUT2D eigenvalue weighted by Crippen LogP contribution is -2.30. The number of aryl methyl sites for hydroxylation is 1. The molecule has 0 spiro atoms. The Morgan fingerprint density at radius 2 is 2.00 bits per heavy atom. The molecule has 108 valence electrons. The summed E-state index contributed by atoms with van der Waals surface area (Å²) in [6.07, 6.45) is 2.09. The average molecular weight is 276 g/mol. The van der Waals surface area contributed by atoms with E-state index in [0.717, 1.165) is 31.5 Å². The minimum atomic E-state index is -0.256. The summed E-state index contributed by atoms with van der Waals surface area (Å²) in [5.41, 5.74) is 2.01. The minimum absolute atomic E-state index is 0.00619. The highest BCUT2D eigenvalue weighted by Crippen LogP contribution is 2.23. The maximum absolute atomic E-state index is 12.6. The van der Waals surface area contributed by atoms with Crippen molar-refractivity contribution < 1.29 is 14.3 Å². The molecule has 5 heteroatoms. The molecular weight excluding hydrogens is 256 g/mol. The second-order valence-electron chi connectivity index (χ2n) is 4.98. The first-order valence-electron chi connectivity index (χ1n) is 6.81. The number of rotatable bonds is 4. The third-order valence-electron chi connectivity index (χ3n) is 3.43. The first kappa shape index (κ1) is 14.5. The van der Waals surface area contributed by atoms with Crippen molar-refractivity contribution in [2.75, 3.05) is 32.1 Å². The molecule has 0 bridgehead atoms. The van der Waals surface area contributed by atoms with Crippen LogP contribution in [-0.4, -0.2) is 43.5 Å². The van der Waals surface area contributed by atoms with E-state index >= 15 is 0 Å². The number of nitrogens with one attached hydrogen (secondary N) is 1.